The van der Waals surface area contributed by atoms with Gasteiger partial charge in [0.25, 0.3) is 11.1 Å². The van der Waals surface area contributed by atoms with Gasteiger partial charge >= 0.3 is 0 Å². The molecule has 0 unspecified atom stereocenters. The van der Waals surface area contributed by atoms with Crippen LogP contribution < -0.4 is 4.74 Å². The van der Waals surface area contributed by atoms with E-state index in [2.05, 4.69) is 15.9 Å². The maximum absolute atomic E-state index is 12.6. The van der Waals surface area contributed by atoms with E-state index in [9.17, 15) is 14.7 Å². The smallest absolute Gasteiger partial charge is 0.293 e. The Labute approximate surface area is 157 Å². The lowest BCUT2D eigenvalue weighted by atomic mass is 10.1. The number of imide groups is 1. The first-order valence-electron chi connectivity index (χ1n) is 7.35. The maximum Gasteiger partial charge on any atom is 0.293 e. The number of nitrogens with zero attached hydrogens (tertiary/aromatic N) is 1. The van der Waals surface area contributed by atoms with Gasteiger partial charge in [0, 0.05) is 0 Å². The summed E-state index contributed by atoms with van der Waals surface area (Å²) in [5.41, 5.74) is 1.53. The van der Waals surface area contributed by atoms with Crippen molar-refractivity contribution >= 4 is 44.9 Å². The molecule has 2 aromatic rings. The van der Waals surface area contributed by atoms with E-state index in [4.69, 9.17) is 4.74 Å². The summed E-state index contributed by atoms with van der Waals surface area (Å²) in [6, 6.07) is 12.6. The van der Waals surface area contributed by atoms with Gasteiger partial charge in [-0.2, -0.15) is 0 Å². The number of ether oxygens (including phenoxy) is 1. The molecule has 0 aliphatic carbocycles. The maximum atomic E-state index is 12.6. The summed E-state index contributed by atoms with van der Waals surface area (Å²) in [5, 5.41) is 9.56. The van der Waals surface area contributed by atoms with Crippen LogP contribution in [0.15, 0.2) is 51.8 Å². The Kier molecular flexibility index (Phi) is 5.15. The van der Waals surface area contributed by atoms with Gasteiger partial charge in [0.15, 0.2) is 11.5 Å². The molecule has 0 aromatic heterocycles. The Bertz CT molecular complexity index is 867. The number of carbonyl (C=O) groups excluding carboxylic acids is 2. The summed E-state index contributed by atoms with van der Waals surface area (Å²) in [5.74, 6) is -0.0667. The SMILES string of the molecule is COc1cc(/C=C2\SC(=O)N(Cc3ccccc3)C2=O)cc(Br)c1O. The number of amides is 2. The van der Waals surface area contributed by atoms with Crippen molar-refractivity contribution in [3.63, 3.8) is 0 Å². The number of rotatable bonds is 4. The van der Waals surface area contributed by atoms with Gasteiger partial charge in [0.1, 0.15) is 0 Å². The van der Waals surface area contributed by atoms with Crippen LogP contribution in [-0.4, -0.2) is 28.3 Å². The van der Waals surface area contributed by atoms with Crippen molar-refractivity contribution in [2.45, 2.75) is 6.54 Å². The van der Waals surface area contributed by atoms with Crippen molar-refractivity contribution in [1.82, 2.24) is 4.90 Å². The fourth-order valence-electron chi connectivity index (χ4n) is 2.39. The highest BCUT2D eigenvalue weighted by atomic mass is 79.9. The van der Waals surface area contributed by atoms with Gasteiger partial charge in [-0.25, -0.2) is 0 Å². The van der Waals surface area contributed by atoms with Crippen LogP contribution in [0, 0.1) is 0 Å². The summed E-state index contributed by atoms with van der Waals surface area (Å²) in [6.07, 6.45) is 1.61. The molecule has 0 bridgehead atoms. The van der Waals surface area contributed by atoms with Crippen molar-refractivity contribution in [1.29, 1.82) is 0 Å². The van der Waals surface area contributed by atoms with Gasteiger partial charge in [-0.1, -0.05) is 30.3 Å². The topological polar surface area (TPSA) is 66.8 Å². The van der Waals surface area contributed by atoms with E-state index in [-0.39, 0.29) is 29.2 Å². The molecule has 0 saturated carbocycles. The van der Waals surface area contributed by atoms with E-state index < -0.39 is 0 Å². The number of phenolic OH excluding ortho intramolecular Hbond substituents is 1. The van der Waals surface area contributed by atoms with Gasteiger partial charge in [-0.15, -0.1) is 0 Å². The summed E-state index contributed by atoms with van der Waals surface area (Å²) >= 11 is 4.14. The first kappa shape index (κ1) is 17.6. The predicted octanol–water partition coefficient (Wildman–Crippen LogP) is 4.40. The molecule has 2 aromatic carbocycles. The lowest BCUT2D eigenvalue weighted by molar-refractivity contribution is -0.123. The average molecular weight is 420 g/mol. The molecule has 1 saturated heterocycles. The van der Waals surface area contributed by atoms with Gasteiger partial charge in [0.05, 0.1) is 23.0 Å². The van der Waals surface area contributed by atoms with E-state index >= 15 is 0 Å². The van der Waals surface area contributed by atoms with Crippen molar-refractivity contribution in [2.75, 3.05) is 7.11 Å². The second-order valence-corrected chi connectivity index (χ2v) is 7.15. The Balaban J connectivity index is 1.87. The minimum atomic E-state index is -0.331. The molecule has 1 N–H and O–H groups in total. The zero-order chi connectivity index (χ0) is 18.0. The average Bonchev–Trinajstić information content (AvgIpc) is 2.86. The van der Waals surface area contributed by atoms with Crippen LogP contribution in [0.25, 0.3) is 6.08 Å². The molecule has 0 radical (unpaired) electrons. The molecule has 1 heterocycles. The highest BCUT2D eigenvalue weighted by Gasteiger charge is 2.35. The molecular formula is C18H14BrNO4S. The minimum Gasteiger partial charge on any atom is -0.503 e. The Morgan fingerprint density at radius 3 is 2.64 bits per heavy atom. The molecule has 128 valence electrons. The lowest BCUT2D eigenvalue weighted by Crippen LogP contribution is -2.27. The van der Waals surface area contributed by atoms with Gasteiger partial charge < -0.3 is 9.84 Å². The number of hydrogen-bond donors (Lipinski definition) is 1. The second kappa shape index (κ2) is 7.33. The first-order valence-corrected chi connectivity index (χ1v) is 8.96. The number of aromatic hydroxyl groups is 1. The number of benzene rings is 2. The van der Waals surface area contributed by atoms with Gasteiger partial charge in [0.2, 0.25) is 0 Å². The number of methoxy groups -OCH3 is 1. The Morgan fingerprint density at radius 2 is 1.96 bits per heavy atom. The van der Waals surface area contributed by atoms with Crippen LogP contribution in [0.1, 0.15) is 11.1 Å². The number of thioether (sulfide) groups is 1. The monoisotopic (exact) mass is 419 g/mol. The molecular weight excluding hydrogens is 406 g/mol. The largest absolute Gasteiger partial charge is 0.503 e. The van der Waals surface area contributed by atoms with Crippen molar-refractivity contribution < 1.29 is 19.4 Å². The Morgan fingerprint density at radius 1 is 1.24 bits per heavy atom. The van der Waals surface area contributed by atoms with E-state index in [0.717, 1.165) is 17.3 Å². The summed E-state index contributed by atoms with van der Waals surface area (Å²) in [4.78, 5) is 26.3. The molecule has 1 fully saturated rings. The standard InChI is InChI=1S/C18H14BrNO4S/c1-24-14-8-12(7-13(19)16(14)21)9-15-17(22)20(18(23)25-15)10-11-5-3-2-4-6-11/h2-9,21H,10H2,1H3/b15-9-. The summed E-state index contributed by atoms with van der Waals surface area (Å²) in [6.45, 7) is 0.242. The van der Waals surface area contributed by atoms with E-state index in [1.54, 1.807) is 18.2 Å². The van der Waals surface area contributed by atoms with Crippen LogP contribution in [0.2, 0.25) is 0 Å². The Hall–Kier alpha value is -2.25. The van der Waals surface area contributed by atoms with Gasteiger partial charge in [-0.05, 0) is 57.0 Å². The predicted molar refractivity (Wildman–Crippen MR) is 100 cm³/mol. The van der Waals surface area contributed by atoms with Crippen molar-refractivity contribution in [3.8, 4) is 11.5 Å². The molecule has 7 heteroatoms. The van der Waals surface area contributed by atoms with Crippen molar-refractivity contribution in [3.05, 3.63) is 63.0 Å². The fourth-order valence-corrected chi connectivity index (χ4v) is 3.68. The highest BCUT2D eigenvalue weighted by molar-refractivity contribution is 9.10. The fraction of sp³-hybridized carbons (Fsp3) is 0.111. The van der Waals surface area contributed by atoms with Crippen LogP contribution in [-0.2, 0) is 11.3 Å². The molecule has 1 aliphatic rings. The van der Waals surface area contributed by atoms with E-state index in [1.165, 1.54) is 12.0 Å². The molecule has 2 amide bonds. The quantitative estimate of drug-likeness (QED) is 0.743. The number of halogens is 1. The second-order valence-electron chi connectivity index (χ2n) is 5.31. The summed E-state index contributed by atoms with van der Waals surface area (Å²) in [7, 11) is 1.44. The zero-order valence-corrected chi connectivity index (χ0v) is 15.6. The van der Waals surface area contributed by atoms with E-state index in [1.807, 2.05) is 30.3 Å². The molecule has 1 aliphatic heterocycles. The van der Waals surface area contributed by atoms with Crippen LogP contribution in [0.5, 0.6) is 11.5 Å². The van der Waals surface area contributed by atoms with Crippen molar-refractivity contribution in [2.24, 2.45) is 0 Å². The molecule has 25 heavy (non-hydrogen) atoms. The molecule has 3 rings (SSSR count). The molecule has 0 atom stereocenters. The number of carbonyl (C=O) groups is 2. The zero-order valence-electron chi connectivity index (χ0n) is 13.2. The van der Waals surface area contributed by atoms with Crippen LogP contribution >= 0.6 is 27.7 Å². The van der Waals surface area contributed by atoms with Crippen LogP contribution in [0.3, 0.4) is 0 Å². The third-order valence-corrected chi connectivity index (χ3v) is 5.14. The molecule has 0 spiro atoms. The lowest BCUT2D eigenvalue weighted by Gasteiger charge is -2.12. The normalized spacial score (nSPS) is 15.9. The highest BCUT2D eigenvalue weighted by Crippen LogP contribution is 2.38. The minimum absolute atomic E-state index is 0.0168. The summed E-state index contributed by atoms with van der Waals surface area (Å²) < 4.78 is 5.55. The third kappa shape index (κ3) is 3.72. The number of hydrogen-bond acceptors (Lipinski definition) is 5. The molecule has 5 nitrogen and oxygen atoms in total. The van der Waals surface area contributed by atoms with E-state index in [0.29, 0.717) is 14.9 Å². The first-order chi connectivity index (χ1) is 12.0. The number of phenols is 1. The third-order valence-electron chi connectivity index (χ3n) is 3.63. The van der Waals surface area contributed by atoms with Gasteiger partial charge in [-0.3, -0.25) is 14.5 Å². The van der Waals surface area contributed by atoms with Crippen LogP contribution in [0.4, 0.5) is 4.79 Å².